The molecular formula is C16H18ClN3O. The lowest BCUT2D eigenvalue weighted by Gasteiger charge is -2.09. The van der Waals surface area contributed by atoms with Crippen LogP contribution in [0.2, 0.25) is 0 Å². The fourth-order valence-corrected chi connectivity index (χ4v) is 2.17. The van der Waals surface area contributed by atoms with Crippen LogP contribution in [0.15, 0.2) is 30.3 Å². The first kappa shape index (κ1) is 15.4. The van der Waals surface area contributed by atoms with Gasteiger partial charge in [-0.3, -0.25) is 4.79 Å². The average molecular weight is 304 g/mol. The Morgan fingerprint density at radius 1 is 1.19 bits per heavy atom. The third kappa shape index (κ3) is 4.02. The molecule has 110 valence electrons. The summed E-state index contributed by atoms with van der Waals surface area (Å²) in [7, 11) is 0. The smallest absolute Gasteiger partial charge is 0.253 e. The number of aryl methyl sites for hydroxylation is 2. The molecule has 0 saturated heterocycles. The molecule has 4 nitrogen and oxygen atoms in total. The number of amides is 1. The van der Waals surface area contributed by atoms with Gasteiger partial charge in [0, 0.05) is 12.4 Å². The number of hydrogen-bond acceptors (Lipinski definition) is 3. The number of nitrogens with one attached hydrogen (secondary N) is 1. The van der Waals surface area contributed by atoms with Gasteiger partial charge in [0.1, 0.15) is 0 Å². The predicted molar refractivity (Wildman–Crippen MR) is 83.3 cm³/mol. The second kappa shape index (κ2) is 7.18. The standard InChI is InChI=1S/C16H18ClN3O/c1-3-15-14(8-11(2)19-20-15)16(21)18-10-13-6-4-12(9-17)5-7-13/h4-8H,3,9-10H2,1-2H3,(H,18,21). The van der Waals surface area contributed by atoms with Crippen molar-refractivity contribution in [2.45, 2.75) is 32.7 Å². The molecule has 0 aliphatic rings. The van der Waals surface area contributed by atoms with Crippen molar-refractivity contribution in [1.29, 1.82) is 0 Å². The summed E-state index contributed by atoms with van der Waals surface area (Å²) in [4.78, 5) is 12.3. The Kier molecular flexibility index (Phi) is 5.28. The van der Waals surface area contributed by atoms with Crippen molar-refractivity contribution in [2.75, 3.05) is 0 Å². The molecule has 1 aromatic carbocycles. The van der Waals surface area contributed by atoms with Crippen LogP contribution in [0.3, 0.4) is 0 Å². The molecule has 0 saturated carbocycles. The van der Waals surface area contributed by atoms with E-state index < -0.39 is 0 Å². The second-order valence-electron chi connectivity index (χ2n) is 4.83. The van der Waals surface area contributed by atoms with Crippen molar-refractivity contribution in [1.82, 2.24) is 15.5 Å². The van der Waals surface area contributed by atoms with Gasteiger partial charge >= 0.3 is 0 Å². The molecule has 1 aromatic heterocycles. The molecule has 2 rings (SSSR count). The monoisotopic (exact) mass is 303 g/mol. The molecule has 5 heteroatoms. The second-order valence-corrected chi connectivity index (χ2v) is 5.10. The molecule has 0 aliphatic carbocycles. The van der Waals surface area contributed by atoms with Crippen molar-refractivity contribution in [3.8, 4) is 0 Å². The molecule has 0 spiro atoms. The molecular weight excluding hydrogens is 286 g/mol. The molecule has 2 aromatic rings. The number of rotatable bonds is 5. The molecule has 0 fully saturated rings. The van der Waals surface area contributed by atoms with E-state index in [0.29, 0.717) is 24.4 Å². The van der Waals surface area contributed by atoms with Crippen molar-refractivity contribution in [3.05, 3.63) is 58.4 Å². The lowest BCUT2D eigenvalue weighted by atomic mass is 10.1. The van der Waals surface area contributed by atoms with E-state index in [-0.39, 0.29) is 5.91 Å². The van der Waals surface area contributed by atoms with Crippen LogP contribution in [-0.2, 0) is 18.8 Å². The molecule has 1 amide bonds. The fourth-order valence-electron chi connectivity index (χ4n) is 2.00. The minimum atomic E-state index is -0.119. The summed E-state index contributed by atoms with van der Waals surface area (Å²) in [6.45, 7) is 4.26. The lowest BCUT2D eigenvalue weighted by Crippen LogP contribution is -2.24. The normalized spacial score (nSPS) is 10.4. The molecule has 0 aliphatic heterocycles. The predicted octanol–water partition coefficient (Wildman–Crippen LogP) is 3.02. The minimum absolute atomic E-state index is 0.119. The van der Waals surface area contributed by atoms with Crippen LogP contribution < -0.4 is 5.32 Å². The fraction of sp³-hybridized carbons (Fsp3) is 0.312. The molecule has 0 atom stereocenters. The Balaban J connectivity index is 2.05. The first-order chi connectivity index (χ1) is 10.1. The van der Waals surface area contributed by atoms with Crippen LogP contribution in [0.1, 0.15) is 39.8 Å². The zero-order valence-corrected chi connectivity index (χ0v) is 12.9. The Hall–Kier alpha value is -1.94. The van der Waals surface area contributed by atoms with E-state index in [9.17, 15) is 4.79 Å². The van der Waals surface area contributed by atoms with E-state index in [4.69, 9.17) is 11.6 Å². The lowest BCUT2D eigenvalue weighted by molar-refractivity contribution is 0.0949. The maximum Gasteiger partial charge on any atom is 0.253 e. The highest BCUT2D eigenvalue weighted by Gasteiger charge is 2.12. The number of benzene rings is 1. The van der Waals surface area contributed by atoms with E-state index >= 15 is 0 Å². The summed E-state index contributed by atoms with van der Waals surface area (Å²) in [5.74, 6) is 0.375. The molecule has 0 unspecified atom stereocenters. The van der Waals surface area contributed by atoms with Gasteiger partial charge in [-0.2, -0.15) is 10.2 Å². The summed E-state index contributed by atoms with van der Waals surface area (Å²) < 4.78 is 0. The van der Waals surface area contributed by atoms with Crippen LogP contribution in [0, 0.1) is 6.92 Å². The number of aromatic nitrogens is 2. The van der Waals surface area contributed by atoms with Crippen LogP contribution in [0.4, 0.5) is 0 Å². The van der Waals surface area contributed by atoms with Gasteiger partial charge in [-0.15, -0.1) is 11.6 Å². The molecule has 0 bridgehead atoms. The Bertz CT molecular complexity index is 626. The summed E-state index contributed by atoms with van der Waals surface area (Å²) in [6.07, 6.45) is 0.681. The van der Waals surface area contributed by atoms with Crippen LogP contribution in [-0.4, -0.2) is 16.1 Å². The van der Waals surface area contributed by atoms with E-state index in [1.807, 2.05) is 38.1 Å². The van der Waals surface area contributed by atoms with Gasteiger partial charge in [0.2, 0.25) is 0 Å². The highest BCUT2D eigenvalue weighted by molar-refractivity contribution is 6.17. The van der Waals surface area contributed by atoms with Crippen molar-refractivity contribution < 1.29 is 4.79 Å². The van der Waals surface area contributed by atoms with Crippen molar-refractivity contribution in [2.24, 2.45) is 0 Å². The van der Waals surface area contributed by atoms with Crippen molar-refractivity contribution >= 4 is 17.5 Å². The van der Waals surface area contributed by atoms with Crippen LogP contribution in [0.5, 0.6) is 0 Å². The Morgan fingerprint density at radius 3 is 2.48 bits per heavy atom. The maximum absolute atomic E-state index is 12.3. The molecule has 0 radical (unpaired) electrons. The van der Waals surface area contributed by atoms with Gasteiger partial charge in [0.05, 0.1) is 17.0 Å². The average Bonchev–Trinajstić information content (AvgIpc) is 2.53. The number of carbonyl (C=O) groups excluding carboxylic acids is 1. The summed E-state index contributed by atoms with van der Waals surface area (Å²) in [5.41, 5.74) is 4.16. The third-order valence-corrected chi connectivity index (χ3v) is 3.51. The highest BCUT2D eigenvalue weighted by Crippen LogP contribution is 2.09. The third-order valence-electron chi connectivity index (χ3n) is 3.20. The minimum Gasteiger partial charge on any atom is -0.348 e. The van der Waals surface area contributed by atoms with Gasteiger partial charge in [-0.1, -0.05) is 31.2 Å². The topological polar surface area (TPSA) is 54.9 Å². The zero-order valence-electron chi connectivity index (χ0n) is 12.2. The van der Waals surface area contributed by atoms with Gasteiger partial charge in [-0.25, -0.2) is 0 Å². The SMILES string of the molecule is CCc1nnc(C)cc1C(=O)NCc1ccc(CCl)cc1. The molecule has 21 heavy (non-hydrogen) atoms. The number of nitrogens with zero attached hydrogens (tertiary/aromatic N) is 2. The van der Waals surface area contributed by atoms with Gasteiger partial charge in [-0.05, 0) is 30.5 Å². The Labute approximate surface area is 129 Å². The molecule has 1 heterocycles. The van der Waals surface area contributed by atoms with Crippen molar-refractivity contribution in [3.63, 3.8) is 0 Å². The van der Waals surface area contributed by atoms with E-state index in [1.165, 1.54) is 0 Å². The zero-order chi connectivity index (χ0) is 15.2. The number of halogens is 1. The Morgan fingerprint density at radius 2 is 1.86 bits per heavy atom. The number of hydrogen-bond donors (Lipinski definition) is 1. The van der Waals surface area contributed by atoms with Gasteiger partial charge in [0.15, 0.2) is 0 Å². The highest BCUT2D eigenvalue weighted by atomic mass is 35.5. The van der Waals surface area contributed by atoms with Gasteiger partial charge in [0.25, 0.3) is 5.91 Å². The largest absolute Gasteiger partial charge is 0.348 e. The summed E-state index contributed by atoms with van der Waals surface area (Å²) >= 11 is 5.75. The molecule has 1 N–H and O–H groups in total. The summed E-state index contributed by atoms with van der Waals surface area (Å²) in [6, 6.07) is 9.63. The number of alkyl halides is 1. The van der Waals surface area contributed by atoms with E-state index in [2.05, 4.69) is 15.5 Å². The van der Waals surface area contributed by atoms with Gasteiger partial charge < -0.3 is 5.32 Å². The first-order valence-corrected chi connectivity index (χ1v) is 7.42. The van der Waals surface area contributed by atoms with Crippen LogP contribution in [0.25, 0.3) is 0 Å². The van der Waals surface area contributed by atoms with E-state index in [0.717, 1.165) is 22.5 Å². The number of carbonyl (C=O) groups is 1. The van der Waals surface area contributed by atoms with E-state index in [1.54, 1.807) is 6.07 Å². The quantitative estimate of drug-likeness (QED) is 0.864. The summed E-state index contributed by atoms with van der Waals surface area (Å²) in [5, 5.41) is 11.0. The van der Waals surface area contributed by atoms with Crippen LogP contribution >= 0.6 is 11.6 Å². The maximum atomic E-state index is 12.3. The first-order valence-electron chi connectivity index (χ1n) is 6.89.